The van der Waals surface area contributed by atoms with Gasteiger partial charge < -0.3 is 4.79 Å². The fourth-order valence-corrected chi connectivity index (χ4v) is 2.31. The van der Waals surface area contributed by atoms with Gasteiger partial charge in [0, 0.05) is 24.5 Å². The highest BCUT2D eigenvalue weighted by atomic mass is 16.1. The van der Waals surface area contributed by atoms with Crippen molar-refractivity contribution in [3.63, 3.8) is 0 Å². The van der Waals surface area contributed by atoms with E-state index in [1.54, 1.807) is 0 Å². The summed E-state index contributed by atoms with van der Waals surface area (Å²) in [6, 6.07) is 0.614. The van der Waals surface area contributed by atoms with Gasteiger partial charge in [-0.1, -0.05) is 41.5 Å². The van der Waals surface area contributed by atoms with E-state index in [2.05, 4.69) is 46.4 Å². The predicted octanol–water partition coefficient (Wildman–Crippen LogP) is 3.75. The molecule has 0 N–H and O–H groups in total. The highest BCUT2D eigenvalue weighted by Gasteiger charge is 2.27. The zero-order valence-electron chi connectivity index (χ0n) is 12.6. The fraction of sp³-hybridized carbons (Fsp3) is 0.933. The van der Waals surface area contributed by atoms with E-state index in [0.717, 1.165) is 25.8 Å². The summed E-state index contributed by atoms with van der Waals surface area (Å²) in [6.07, 6.45) is 4.40. The fourth-order valence-electron chi connectivity index (χ4n) is 2.31. The van der Waals surface area contributed by atoms with Crippen molar-refractivity contribution in [1.82, 2.24) is 4.90 Å². The molecule has 1 atom stereocenters. The van der Waals surface area contributed by atoms with E-state index >= 15 is 0 Å². The van der Waals surface area contributed by atoms with Gasteiger partial charge in [-0.15, -0.1) is 0 Å². The molecule has 0 heterocycles. The maximum atomic E-state index is 11.3. The standard InChI is InChI=1S/C15H31NO/c1-7-14(8-2)16(10-13(4)5)11-15(6,9-3)12-17/h12-14H,7-11H2,1-6H3. The highest BCUT2D eigenvalue weighted by Crippen LogP contribution is 2.23. The SMILES string of the molecule is CCC(CC)N(CC(C)C)CC(C)(C=O)CC. The Balaban J connectivity index is 4.73. The first-order valence-corrected chi connectivity index (χ1v) is 7.12. The minimum absolute atomic E-state index is 0.183. The molecular formula is C15H31NO. The number of carbonyl (C=O) groups excluding carboxylic acids is 1. The minimum atomic E-state index is -0.183. The van der Waals surface area contributed by atoms with E-state index in [9.17, 15) is 4.79 Å². The Morgan fingerprint density at radius 3 is 2.00 bits per heavy atom. The molecule has 0 rings (SSSR count). The molecule has 0 aromatic rings. The highest BCUT2D eigenvalue weighted by molar-refractivity contribution is 5.58. The van der Waals surface area contributed by atoms with Crippen LogP contribution in [-0.4, -0.2) is 30.3 Å². The second-order valence-electron chi connectivity index (χ2n) is 5.92. The van der Waals surface area contributed by atoms with Gasteiger partial charge in [-0.25, -0.2) is 0 Å². The van der Waals surface area contributed by atoms with Gasteiger partial charge in [0.15, 0.2) is 0 Å². The van der Waals surface area contributed by atoms with Crippen LogP contribution in [0.3, 0.4) is 0 Å². The lowest BCUT2D eigenvalue weighted by Crippen LogP contribution is -2.44. The maximum Gasteiger partial charge on any atom is 0.127 e. The van der Waals surface area contributed by atoms with Gasteiger partial charge in [0.05, 0.1) is 0 Å². The van der Waals surface area contributed by atoms with Crippen LogP contribution in [0, 0.1) is 11.3 Å². The molecule has 0 radical (unpaired) electrons. The smallest absolute Gasteiger partial charge is 0.127 e. The van der Waals surface area contributed by atoms with Gasteiger partial charge in [-0.05, 0) is 25.2 Å². The molecule has 0 spiro atoms. The molecule has 2 heteroatoms. The van der Waals surface area contributed by atoms with E-state index in [1.807, 2.05) is 0 Å². The van der Waals surface area contributed by atoms with E-state index in [0.29, 0.717) is 12.0 Å². The Labute approximate surface area is 108 Å². The lowest BCUT2D eigenvalue weighted by molar-refractivity contribution is -0.117. The van der Waals surface area contributed by atoms with Crippen molar-refractivity contribution in [2.24, 2.45) is 11.3 Å². The van der Waals surface area contributed by atoms with E-state index in [1.165, 1.54) is 12.8 Å². The first kappa shape index (κ1) is 16.6. The van der Waals surface area contributed by atoms with Crippen LogP contribution in [0.5, 0.6) is 0 Å². The van der Waals surface area contributed by atoms with Crippen LogP contribution in [0.2, 0.25) is 0 Å². The first-order chi connectivity index (χ1) is 7.92. The van der Waals surface area contributed by atoms with Crippen molar-refractivity contribution in [1.29, 1.82) is 0 Å². The van der Waals surface area contributed by atoms with Gasteiger partial charge in [-0.2, -0.15) is 0 Å². The molecule has 17 heavy (non-hydrogen) atoms. The number of rotatable bonds is 9. The van der Waals surface area contributed by atoms with Crippen molar-refractivity contribution in [3.05, 3.63) is 0 Å². The third-order valence-electron chi connectivity index (χ3n) is 3.72. The van der Waals surface area contributed by atoms with Gasteiger partial charge in [0.1, 0.15) is 6.29 Å². The van der Waals surface area contributed by atoms with Crippen molar-refractivity contribution >= 4 is 6.29 Å². The predicted molar refractivity (Wildman–Crippen MR) is 75.2 cm³/mol. The second kappa shape index (κ2) is 7.86. The zero-order chi connectivity index (χ0) is 13.5. The van der Waals surface area contributed by atoms with Gasteiger partial charge in [0.2, 0.25) is 0 Å². The first-order valence-electron chi connectivity index (χ1n) is 7.12. The Kier molecular flexibility index (Phi) is 7.69. The average Bonchev–Trinajstić information content (AvgIpc) is 2.29. The van der Waals surface area contributed by atoms with Crippen LogP contribution in [0.4, 0.5) is 0 Å². The molecule has 1 unspecified atom stereocenters. The third kappa shape index (κ3) is 5.67. The number of hydrogen-bond donors (Lipinski definition) is 0. The zero-order valence-corrected chi connectivity index (χ0v) is 12.6. The summed E-state index contributed by atoms with van der Waals surface area (Å²) in [5, 5.41) is 0. The minimum Gasteiger partial charge on any atom is -0.303 e. The van der Waals surface area contributed by atoms with E-state index < -0.39 is 0 Å². The van der Waals surface area contributed by atoms with Crippen LogP contribution in [0.25, 0.3) is 0 Å². The summed E-state index contributed by atoms with van der Waals surface area (Å²) in [5.41, 5.74) is -0.183. The Morgan fingerprint density at radius 2 is 1.71 bits per heavy atom. The number of carbonyl (C=O) groups is 1. The number of aldehydes is 1. The topological polar surface area (TPSA) is 20.3 Å². The molecule has 0 amide bonds. The number of hydrogen-bond acceptors (Lipinski definition) is 2. The summed E-state index contributed by atoms with van der Waals surface area (Å²) in [6.45, 7) is 15.2. The average molecular weight is 241 g/mol. The molecule has 0 bridgehead atoms. The van der Waals surface area contributed by atoms with Crippen molar-refractivity contribution < 1.29 is 4.79 Å². The van der Waals surface area contributed by atoms with E-state index in [4.69, 9.17) is 0 Å². The Bertz CT molecular complexity index is 211. The molecule has 0 aliphatic heterocycles. The molecule has 0 fully saturated rings. The monoisotopic (exact) mass is 241 g/mol. The summed E-state index contributed by atoms with van der Waals surface area (Å²) >= 11 is 0. The molecular weight excluding hydrogens is 210 g/mol. The summed E-state index contributed by atoms with van der Waals surface area (Å²) < 4.78 is 0. The van der Waals surface area contributed by atoms with E-state index in [-0.39, 0.29) is 5.41 Å². The third-order valence-corrected chi connectivity index (χ3v) is 3.72. The molecule has 0 saturated carbocycles. The van der Waals surface area contributed by atoms with Crippen LogP contribution in [0.15, 0.2) is 0 Å². The second-order valence-corrected chi connectivity index (χ2v) is 5.92. The largest absolute Gasteiger partial charge is 0.303 e. The molecule has 0 aliphatic carbocycles. The molecule has 0 saturated heterocycles. The molecule has 2 nitrogen and oxygen atoms in total. The maximum absolute atomic E-state index is 11.3. The van der Waals surface area contributed by atoms with Gasteiger partial charge in [0.25, 0.3) is 0 Å². The van der Waals surface area contributed by atoms with Crippen LogP contribution in [-0.2, 0) is 4.79 Å². The van der Waals surface area contributed by atoms with Crippen LogP contribution in [0.1, 0.15) is 60.8 Å². The lowest BCUT2D eigenvalue weighted by atomic mass is 9.87. The van der Waals surface area contributed by atoms with Gasteiger partial charge >= 0.3 is 0 Å². The Hall–Kier alpha value is -0.370. The molecule has 0 aliphatic rings. The molecule has 102 valence electrons. The Morgan fingerprint density at radius 1 is 1.18 bits per heavy atom. The molecule has 0 aromatic carbocycles. The summed E-state index contributed by atoms with van der Waals surface area (Å²) in [7, 11) is 0. The van der Waals surface area contributed by atoms with Crippen LogP contribution >= 0.6 is 0 Å². The molecule has 0 aromatic heterocycles. The number of nitrogens with zero attached hydrogens (tertiary/aromatic N) is 1. The lowest BCUT2D eigenvalue weighted by Gasteiger charge is -2.37. The summed E-state index contributed by atoms with van der Waals surface area (Å²) in [4.78, 5) is 13.8. The van der Waals surface area contributed by atoms with Gasteiger partial charge in [-0.3, -0.25) is 4.90 Å². The quantitative estimate of drug-likeness (QED) is 0.573. The van der Waals surface area contributed by atoms with Crippen LogP contribution < -0.4 is 0 Å². The van der Waals surface area contributed by atoms with Crippen molar-refractivity contribution in [3.8, 4) is 0 Å². The van der Waals surface area contributed by atoms with Crippen molar-refractivity contribution in [2.75, 3.05) is 13.1 Å². The van der Waals surface area contributed by atoms with Crippen molar-refractivity contribution in [2.45, 2.75) is 66.8 Å². The summed E-state index contributed by atoms with van der Waals surface area (Å²) in [5.74, 6) is 0.656. The normalized spacial score (nSPS) is 15.6.